The van der Waals surface area contributed by atoms with Gasteiger partial charge in [-0.25, -0.2) is 0 Å². The van der Waals surface area contributed by atoms with E-state index in [0.29, 0.717) is 6.61 Å². The van der Waals surface area contributed by atoms with E-state index in [2.05, 4.69) is 0 Å². The highest BCUT2D eigenvalue weighted by atomic mass is 16.7. The van der Waals surface area contributed by atoms with E-state index in [0.717, 1.165) is 12.0 Å². The van der Waals surface area contributed by atoms with Crippen molar-refractivity contribution in [3.05, 3.63) is 48.2 Å². The van der Waals surface area contributed by atoms with Gasteiger partial charge in [0.05, 0.1) is 19.0 Å². The largest absolute Gasteiger partial charge is 0.501 e. The standard InChI is InChI=1S/C13H14O3/c1-2-4-10(5-3-1)13-15-11-6-8-14-9-7-12(11)16-13/h1-6,8,11-13H,7,9H2/t11?,12-,13?/m1/s1. The smallest absolute Gasteiger partial charge is 0.185 e. The Hall–Kier alpha value is -1.32. The van der Waals surface area contributed by atoms with E-state index in [4.69, 9.17) is 14.2 Å². The van der Waals surface area contributed by atoms with Crippen molar-refractivity contribution < 1.29 is 14.2 Å². The molecule has 3 atom stereocenters. The number of benzene rings is 1. The molecule has 3 rings (SSSR count). The van der Waals surface area contributed by atoms with Crippen molar-refractivity contribution in [2.24, 2.45) is 0 Å². The van der Waals surface area contributed by atoms with Gasteiger partial charge in [-0.1, -0.05) is 30.3 Å². The second-order valence-electron chi connectivity index (χ2n) is 4.01. The third-order valence-corrected chi connectivity index (χ3v) is 2.90. The van der Waals surface area contributed by atoms with Gasteiger partial charge in [-0.05, 0) is 6.08 Å². The van der Waals surface area contributed by atoms with Crippen molar-refractivity contribution in [3.63, 3.8) is 0 Å². The molecule has 2 heterocycles. The van der Waals surface area contributed by atoms with Crippen molar-refractivity contribution in [2.45, 2.75) is 24.9 Å². The maximum Gasteiger partial charge on any atom is 0.185 e. The van der Waals surface area contributed by atoms with Crippen LogP contribution in [0.3, 0.4) is 0 Å². The highest BCUT2D eigenvalue weighted by molar-refractivity contribution is 5.17. The van der Waals surface area contributed by atoms with E-state index in [1.54, 1.807) is 6.26 Å². The first kappa shape index (κ1) is 9.87. The summed E-state index contributed by atoms with van der Waals surface area (Å²) >= 11 is 0. The number of ether oxygens (including phenoxy) is 3. The lowest BCUT2D eigenvalue weighted by Gasteiger charge is -2.10. The Labute approximate surface area is 94.6 Å². The van der Waals surface area contributed by atoms with Crippen LogP contribution in [-0.4, -0.2) is 18.8 Å². The molecule has 1 fully saturated rings. The second kappa shape index (κ2) is 4.28. The Morgan fingerprint density at radius 1 is 1.06 bits per heavy atom. The lowest BCUT2D eigenvalue weighted by Crippen LogP contribution is -2.19. The summed E-state index contributed by atoms with van der Waals surface area (Å²) < 4.78 is 17.0. The van der Waals surface area contributed by atoms with Crippen LogP contribution in [0.25, 0.3) is 0 Å². The molecule has 0 aliphatic carbocycles. The van der Waals surface area contributed by atoms with E-state index in [1.165, 1.54) is 0 Å². The molecule has 2 aliphatic rings. The van der Waals surface area contributed by atoms with Gasteiger partial charge in [0.25, 0.3) is 0 Å². The summed E-state index contributed by atoms with van der Waals surface area (Å²) in [5, 5.41) is 0. The SMILES string of the molecule is C1=CC2OC(c3ccccc3)O[C@@H]2CCO1. The fraction of sp³-hybridized carbons (Fsp3) is 0.385. The average molecular weight is 218 g/mol. The number of hydrogen-bond donors (Lipinski definition) is 0. The quantitative estimate of drug-likeness (QED) is 0.724. The third-order valence-electron chi connectivity index (χ3n) is 2.90. The first-order chi connectivity index (χ1) is 7.93. The summed E-state index contributed by atoms with van der Waals surface area (Å²) in [6.07, 6.45) is 4.42. The summed E-state index contributed by atoms with van der Waals surface area (Å²) in [6.45, 7) is 0.697. The van der Waals surface area contributed by atoms with Crippen molar-refractivity contribution in [2.75, 3.05) is 6.61 Å². The first-order valence-electron chi connectivity index (χ1n) is 5.57. The van der Waals surface area contributed by atoms with Crippen molar-refractivity contribution >= 4 is 0 Å². The van der Waals surface area contributed by atoms with E-state index in [-0.39, 0.29) is 18.5 Å². The maximum absolute atomic E-state index is 5.88. The summed E-state index contributed by atoms with van der Waals surface area (Å²) in [7, 11) is 0. The van der Waals surface area contributed by atoms with Gasteiger partial charge in [-0.15, -0.1) is 0 Å². The minimum absolute atomic E-state index is 0.0210. The molecule has 0 radical (unpaired) electrons. The van der Waals surface area contributed by atoms with E-state index < -0.39 is 0 Å². The van der Waals surface area contributed by atoms with Gasteiger partial charge in [-0.3, -0.25) is 0 Å². The molecule has 1 aromatic carbocycles. The van der Waals surface area contributed by atoms with Crippen molar-refractivity contribution in [1.29, 1.82) is 0 Å². The Morgan fingerprint density at radius 3 is 2.81 bits per heavy atom. The highest BCUT2D eigenvalue weighted by Crippen LogP contribution is 2.33. The molecule has 84 valence electrons. The Kier molecular flexibility index (Phi) is 2.64. The zero-order valence-corrected chi connectivity index (χ0v) is 8.91. The van der Waals surface area contributed by atoms with Gasteiger partial charge in [0, 0.05) is 12.0 Å². The van der Waals surface area contributed by atoms with Gasteiger partial charge in [0.1, 0.15) is 6.10 Å². The number of hydrogen-bond acceptors (Lipinski definition) is 3. The van der Waals surface area contributed by atoms with Gasteiger partial charge in [0.2, 0.25) is 0 Å². The third kappa shape index (κ3) is 1.84. The van der Waals surface area contributed by atoms with Crippen LogP contribution in [0, 0.1) is 0 Å². The average Bonchev–Trinajstić information content (AvgIpc) is 2.62. The summed E-state index contributed by atoms with van der Waals surface area (Å²) in [5.74, 6) is 0. The topological polar surface area (TPSA) is 27.7 Å². The zero-order valence-electron chi connectivity index (χ0n) is 8.91. The van der Waals surface area contributed by atoms with Crippen molar-refractivity contribution in [3.8, 4) is 0 Å². The lowest BCUT2D eigenvalue weighted by atomic mass is 10.1. The molecule has 3 heteroatoms. The Balaban J connectivity index is 1.77. The molecule has 0 N–H and O–H groups in total. The molecule has 2 unspecified atom stereocenters. The Bertz CT molecular complexity index is 374. The molecule has 1 aromatic rings. The molecule has 0 spiro atoms. The van der Waals surface area contributed by atoms with E-state index >= 15 is 0 Å². The molecule has 0 saturated carbocycles. The minimum atomic E-state index is -0.237. The van der Waals surface area contributed by atoms with Crippen LogP contribution in [0.5, 0.6) is 0 Å². The highest BCUT2D eigenvalue weighted by Gasteiger charge is 2.35. The molecule has 3 nitrogen and oxygen atoms in total. The Morgan fingerprint density at radius 2 is 1.94 bits per heavy atom. The normalized spacial score (nSPS) is 32.9. The van der Waals surface area contributed by atoms with Crippen LogP contribution in [0.2, 0.25) is 0 Å². The van der Waals surface area contributed by atoms with Crippen LogP contribution in [0.1, 0.15) is 18.3 Å². The van der Waals surface area contributed by atoms with Gasteiger partial charge in [0.15, 0.2) is 6.29 Å². The zero-order chi connectivity index (χ0) is 10.8. The predicted molar refractivity (Wildman–Crippen MR) is 58.6 cm³/mol. The second-order valence-corrected chi connectivity index (χ2v) is 4.01. The molecule has 2 aliphatic heterocycles. The fourth-order valence-electron chi connectivity index (χ4n) is 2.05. The molecular weight excluding hydrogens is 204 g/mol. The van der Waals surface area contributed by atoms with Crippen LogP contribution in [0.4, 0.5) is 0 Å². The van der Waals surface area contributed by atoms with Crippen molar-refractivity contribution in [1.82, 2.24) is 0 Å². The maximum atomic E-state index is 5.88. The molecule has 0 bridgehead atoms. The van der Waals surface area contributed by atoms with E-state index in [9.17, 15) is 0 Å². The number of fused-ring (bicyclic) bond motifs is 1. The predicted octanol–water partition coefficient (Wildman–Crippen LogP) is 2.40. The monoisotopic (exact) mass is 218 g/mol. The van der Waals surface area contributed by atoms with Gasteiger partial charge < -0.3 is 14.2 Å². The summed E-state index contributed by atoms with van der Waals surface area (Å²) in [5.41, 5.74) is 1.07. The summed E-state index contributed by atoms with van der Waals surface area (Å²) in [4.78, 5) is 0. The van der Waals surface area contributed by atoms with E-state index in [1.807, 2.05) is 36.4 Å². The summed E-state index contributed by atoms with van der Waals surface area (Å²) in [6, 6.07) is 10.0. The molecular formula is C13H14O3. The molecule has 16 heavy (non-hydrogen) atoms. The van der Waals surface area contributed by atoms with Crippen LogP contribution < -0.4 is 0 Å². The van der Waals surface area contributed by atoms with Crippen LogP contribution in [0.15, 0.2) is 42.7 Å². The van der Waals surface area contributed by atoms with Crippen LogP contribution >= 0.6 is 0 Å². The molecule has 0 aromatic heterocycles. The first-order valence-corrected chi connectivity index (χ1v) is 5.57. The minimum Gasteiger partial charge on any atom is -0.501 e. The lowest BCUT2D eigenvalue weighted by molar-refractivity contribution is -0.0683. The molecule has 1 saturated heterocycles. The fourth-order valence-corrected chi connectivity index (χ4v) is 2.05. The number of rotatable bonds is 1. The van der Waals surface area contributed by atoms with Crippen LogP contribution in [-0.2, 0) is 14.2 Å². The van der Waals surface area contributed by atoms with Gasteiger partial charge >= 0.3 is 0 Å². The van der Waals surface area contributed by atoms with Gasteiger partial charge in [-0.2, -0.15) is 0 Å². The molecule has 0 amide bonds.